The number of nitrogens with zero attached hydrogens (tertiary/aromatic N) is 2. The van der Waals surface area contributed by atoms with Crippen LogP contribution in [0.1, 0.15) is 24.8 Å². The number of benzene rings is 2. The summed E-state index contributed by atoms with van der Waals surface area (Å²) in [7, 11) is 0. The summed E-state index contributed by atoms with van der Waals surface area (Å²) in [6.07, 6.45) is 2.36. The minimum atomic E-state index is -0.650. The van der Waals surface area contributed by atoms with Gasteiger partial charge in [0.25, 0.3) is 0 Å². The summed E-state index contributed by atoms with van der Waals surface area (Å²) in [6, 6.07) is 18.3. The van der Waals surface area contributed by atoms with Crippen LogP contribution >= 0.6 is 0 Å². The third-order valence-electron chi connectivity index (χ3n) is 6.68. The third-order valence-corrected chi connectivity index (χ3v) is 6.68. The van der Waals surface area contributed by atoms with Gasteiger partial charge in [0.05, 0.1) is 0 Å². The summed E-state index contributed by atoms with van der Waals surface area (Å²) in [6.45, 7) is 1.72. The number of hydrogen-bond acceptors (Lipinski definition) is 3. The molecule has 7 heteroatoms. The molecule has 32 heavy (non-hydrogen) atoms. The summed E-state index contributed by atoms with van der Waals surface area (Å²) in [5, 5.41) is 2.95. The number of anilines is 1. The van der Waals surface area contributed by atoms with Gasteiger partial charge in [0, 0.05) is 38.2 Å². The van der Waals surface area contributed by atoms with Crippen molar-refractivity contribution < 1.29 is 14.4 Å². The first kappa shape index (κ1) is 21.9. The van der Waals surface area contributed by atoms with Crippen LogP contribution in [0.4, 0.5) is 10.5 Å². The van der Waals surface area contributed by atoms with E-state index in [0.717, 1.165) is 24.1 Å². The number of carbonyl (C=O) groups is 3. The third kappa shape index (κ3) is 5.10. The Bertz CT molecular complexity index is 950. The lowest BCUT2D eigenvalue weighted by Gasteiger charge is -2.37. The van der Waals surface area contributed by atoms with Crippen molar-refractivity contribution in [2.24, 2.45) is 17.6 Å². The summed E-state index contributed by atoms with van der Waals surface area (Å²) in [5.41, 5.74) is 7.47. The van der Waals surface area contributed by atoms with E-state index in [0.29, 0.717) is 32.5 Å². The molecular formula is C25H30N4O3. The molecule has 2 fully saturated rings. The van der Waals surface area contributed by atoms with E-state index in [1.165, 1.54) is 0 Å². The van der Waals surface area contributed by atoms with Gasteiger partial charge in [-0.1, -0.05) is 48.5 Å². The van der Waals surface area contributed by atoms with Crippen LogP contribution in [0.25, 0.3) is 0 Å². The highest BCUT2D eigenvalue weighted by Crippen LogP contribution is 2.33. The number of carbonyl (C=O) groups excluding carboxylic acids is 3. The molecule has 168 valence electrons. The minimum absolute atomic E-state index is 0.0144. The molecule has 7 nitrogen and oxygen atoms in total. The quantitative estimate of drug-likeness (QED) is 0.757. The molecule has 0 aliphatic carbocycles. The molecule has 3 N–H and O–H groups in total. The van der Waals surface area contributed by atoms with Crippen LogP contribution in [0.5, 0.6) is 0 Å². The van der Waals surface area contributed by atoms with Gasteiger partial charge >= 0.3 is 6.03 Å². The van der Waals surface area contributed by atoms with Crippen LogP contribution < -0.4 is 11.1 Å². The smallest absolute Gasteiger partial charge is 0.321 e. The van der Waals surface area contributed by atoms with Gasteiger partial charge in [-0.3, -0.25) is 9.59 Å². The Morgan fingerprint density at radius 3 is 2.31 bits per heavy atom. The number of amides is 4. The maximum absolute atomic E-state index is 13.1. The van der Waals surface area contributed by atoms with E-state index in [-0.39, 0.29) is 23.8 Å². The number of rotatable bonds is 5. The van der Waals surface area contributed by atoms with Crippen LogP contribution in [-0.4, -0.2) is 53.3 Å². The van der Waals surface area contributed by atoms with Gasteiger partial charge in [0.15, 0.2) is 0 Å². The maximum Gasteiger partial charge on any atom is 0.321 e. The molecular weight excluding hydrogens is 404 g/mol. The molecule has 2 aliphatic heterocycles. The average Bonchev–Trinajstić information content (AvgIpc) is 2.96. The predicted molar refractivity (Wildman–Crippen MR) is 123 cm³/mol. The average molecular weight is 435 g/mol. The van der Waals surface area contributed by atoms with Gasteiger partial charge in [-0.2, -0.15) is 0 Å². The Kier molecular flexibility index (Phi) is 6.73. The Morgan fingerprint density at radius 1 is 0.969 bits per heavy atom. The molecule has 4 rings (SSSR count). The lowest BCUT2D eigenvalue weighted by molar-refractivity contribution is -0.139. The predicted octanol–water partition coefficient (Wildman–Crippen LogP) is 2.88. The summed E-state index contributed by atoms with van der Waals surface area (Å²) in [4.78, 5) is 41.6. The fourth-order valence-corrected chi connectivity index (χ4v) is 4.89. The van der Waals surface area contributed by atoms with Crippen LogP contribution in [0.15, 0.2) is 60.7 Å². The Balaban J connectivity index is 1.41. The zero-order valence-electron chi connectivity index (χ0n) is 18.2. The number of piperidine rings is 1. The Labute approximate surface area is 188 Å². The number of para-hydroxylation sites is 1. The van der Waals surface area contributed by atoms with E-state index >= 15 is 0 Å². The molecule has 2 aromatic rings. The van der Waals surface area contributed by atoms with Crippen molar-refractivity contribution in [3.63, 3.8) is 0 Å². The van der Waals surface area contributed by atoms with Crippen molar-refractivity contribution in [2.75, 3.05) is 25.0 Å². The van der Waals surface area contributed by atoms with Crippen molar-refractivity contribution in [3.05, 3.63) is 66.2 Å². The first-order chi connectivity index (χ1) is 15.5. The number of primary amides is 1. The lowest BCUT2D eigenvalue weighted by atomic mass is 9.82. The molecule has 0 aromatic heterocycles. The number of nitrogens with two attached hydrogens (primary N) is 1. The SMILES string of the molecule is NC(=O)[C@H](Cc1ccccc1)N1CC[C@@H]2CN(C(=O)Nc3ccccc3)CC[C@H]2CC1=O. The highest BCUT2D eigenvalue weighted by atomic mass is 16.2. The summed E-state index contributed by atoms with van der Waals surface area (Å²) in [5.74, 6) is -0.0432. The van der Waals surface area contributed by atoms with Crippen LogP contribution in [0.2, 0.25) is 0 Å². The zero-order chi connectivity index (χ0) is 22.5. The summed E-state index contributed by atoms with van der Waals surface area (Å²) < 4.78 is 0. The van der Waals surface area contributed by atoms with Crippen molar-refractivity contribution in [1.29, 1.82) is 0 Å². The van der Waals surface area contributed by atoms with Crippen LogP contribution in [0, 0.1) is 11.8 Å². The van der Waals surface area contributed by atoms with Gasteiger partial charge in [-0.25, -0.2) is 4.79 Å². The minimum Gasteiger partial charge on any atom is -0.368 e. The van der Waals surface area contributed by atoms with Gasteiger partial charge < -0.3 is 20.9 Å². The van der Waals surface area contributed by atoms with Crippen molar-refractivity contribution in [1.82, 2.24) is 9.80 Å². The molecule has 2 aromatic carbocycles. The Morgan fingerprint density at radius 2 is 1.62 bits per heavy atom. The molecule has 3 atom stereocenters. The fourth-order valence-electron chi connectivity index (χ4n) is 4.89. The van der Waals surface area contributed by atoms with Crippen molar-refractivity contribution in [2.45, 2.75) is 31.7 Å². The second-order valence-electron chi connectivity index (χ2n) is 8.74. The number of fused-ring (bicyclic) bond motifs is 1. The van der Waals surface area contributed by atoms with E-state index < -0.39 is 11.9 Å². The van der Waals surface area contributed by atoms with Crippen LogP contribution in [-0.2, 0) is 16.0 Å². The standard InChI is InChI=1S/C25H30N4O3/c26-24(31)22(15-18-7-3-1-4-8-18)29-14-12-20-17-28(13-11-19(20)16-23(29)30)25(32)27-21-9-5-2-6-10-21/h1-10,19-20,22H,11-17H2,(H2,26,31)(H,27,32)/t19-,20+,22-/m0/s1. The van der Waals surface area contributed by atoms with Crippen molar-refractivity contribution in [3.8, 4) is 0 Å². The highest BCUT2D eigenvalue weighted by molar-refractivity contribution is 5.89. The van der Waals surface area contributed by atoms with E-state index in [1.807, 2.05) is 65.6 Å². The molecule has 4 amide bonds. The maximum atomic E-state index is 13.1. The molecule has 0 unspecified atom stereocenters. The van der Waals surface area contributed by atoms with E-state index in [4.69, 9.17) is 5.73 Å². The molecule has 0 bridgehead atoms. The van der Waals surface area contributed by atoms with Gasteiger partial charge in [0.1, 0.15) is 6.04 Å². The zero-order valence-corrected chi connectivity index (χ0v) is 18.2. The second-order valence-corrected chi connectivity index (χ2v) is 8.74. The first-order valence-electron chi connectivity index (χ1n) is 11.2. The molecule has 2 aliphatic rings. The lowest BCUT2D eigenvalue weighted by Crippen LogP contribution is -2.49. The molecule has 0 saturated carbocycles. The molecule has 0 radical (unpaired) electrons. The normalized spacial score (nSPS) is 21.9. The topological polar surface area (TPSA) is 95.7 Å². The first-order valence-corrected chi connectivity index (χ1v) is 11.2. The molecule has 0 spiro atoms. The largest absolute Gasteiger partial charge is 0.368 e. The van der Waals surface area contributed by atoms with E-state index in [1.54, 1.807) is 4.90 Å². The number of urea groups is 1. The van der Waals surface area contributed by atoms with Gasteiger partial charge in [-0.15, -0.1) is 0 Å². The van der Waals surface area contributed by atoms with Crippen molar-refractivity contribution >= 4 is 23.5 Å². The van der Waals surface area contributed by atoms with Gasteiger partial charge in [-0.05, 0) is 42.4 Å². The molecule has 2 heterocycles. The van der Waals surface area contributed by atoms with E-state index in [2.05, 4.69) is 5.32 Å². The Hall–Kier alpha value is -3.35. The van der Waals surface area contributed by atoms with Crippen LogP contribution in [0.3, 0.4) is 0 Å². The monoisotopic (exact) mass is 434 g/mol. The summed E-state index contributed by atoms with van der Waals surface area (Å²) >= 11 is 0. The fraction of sp³-hybridized carbons (Fsp3) is 0.400. The molecule has 2 saturated heterocycles. The van der Waals surface area contributed by atoms with Gasteiger partial charge in [0.2, 0.25) is 11.8 Å². The second kappa shape index (κ2) is 9.85. The number of nitrogens with one attached hydrogen (secondary N) is 1. The number of hydrogen-bond donors (Lipinski definition) is 2. The van der Waals surface area contributed by atoms with E-state index in [9.17, 15) is 14.4 Å². The number of likely N-dealkylation sites (tertiary alicyclic amines) is 2. The highest BCUT2D eigenvalue weighted by Gasteiger charge is 2.39.